The largest absolute Gasteiger partial charge is 0.416 e. The number of carbonyl (C=O) groups excluding carboxylic acids is 1. The molecule has 10 heteroatoms. The van der Waals surface area contributed by atoms with Crippen LogP contribution in [0.25, 0.3) is 5.52 Å². The average Bonchev–Trinajstić information content (AvgIpc) is 3.50. The predicted octanol–water partition coefficient (Wildman–Crippen LogP) is 2.90. The lowest BCUT2D eigenvalue weighted by Gasteiger charge is -2.32. The molecule has 4 aromatic rings. The van der Waals surface area contributed by atoms with Gasteiger partial charge in [-0.25, -0.2) is 9.50 Å². The molecule has 1 aliphatic heterocycles. The van der Waals surface area contributed by atoms with Gasteiger partial charge in [0.2, 0.25) is 5.89 Å². The van der Waals surface area contributed by atoms with E-state index in [1.54, 1.807) is 11.2 Å². The number of aromatic nitrogens is 6. The molecular formula is C21H24N7O2P. The third-order valence-corrected chi connectivity index (χ3v) is 5.82. The zero-order valence-corrected chi connectivity index (χ0v) is 18.8. The Morgan fingerprint density at radius 3 is 2.94 bits per heavy atom. The highest BCUT2D eigenvalue weighted by Crippen LogP contribution is 2.35. The summed E-state index contributed by atoms with van der Waals surface area (Å²) in [4.78, 5) is 22.9. The molecule has 0 spiro atoms. The Labute approximate surface area is 181 Å². The second-order valence-corrected chi connectivity index (χ2v) is 9.77. The summed E-state index contributed by atoms with van der Waals surface area (Å²) < 4.78 is 7.66. The van der Waals surface area contributed by atoms with Gasteiger partial charge in [-0.2, -0.15) is 5.10 Å². The molecule has 0 fully saturated rings. The number of aromatic amines is 1. The first-order chi connectivity index (χ1) is 14.9. The maximum absolute atomic E-state index is 13.4. The van der Waals surface area contributed by atoms with Gasteiger partial charge in [0.15, 0.2) is 0 Å². The van der Waals surface area contributed by atoms with E-state index in [1.165, 1.54) is 0 Å². The monoisotopic (exact) mass is 437 g/mol. The quantitative estimate of drug-likeness (QED) is 0.492. The number of nitrogens with one attached hydrogen (secondary N) is 1. The van der Waals surface area contributed by atoms with Crippen molar-refractivity contribution in [3.05, 3.63) is 65.1 Å². The predicted molar refractivity (Wildman–Crippen MR) is 117 cm³/mol. The minimum absolute atomic E-state index is 0.0208. The molecule has 0 saturated heterocycles. The number of fused-ring (bicyclic) bond motifs is 2. The van der Waals surface area contributed by atoms with Gasteiger partial charge >= 0.3 is 11.8 Å². The zero-order valence-electron chi connectivity index (χ0n) is 17.7. The lowest BCUT2D eigenvalue weighted by atomic mass is 9.99. The number of pyridine rings is 1. The third-order valence-electron chi connectivity index (χ3n) is 5.57. The molecule has 4 aromatic heterocycles. The summed E-state index contributed by atoms with van der Waals surface area (Å²) in [5.74, 6) is 0.0575. The molecule has 0 bridgehead atoms. The molecule has 0 radical (unpaired) electrons. The fourth-order valence-corrected chi connectivity index (χ4v) is 4.10. The van der Waals surface area contributed by atoms with Gasteiger partial charge < -0.3 is 14.3 Å². The fraction of sp³-hybridized carbons (Fsp3) is 0.381. The van der Waals surface area contributed by atoms with Gasteiger partial charge in [-0.1, -0.05) is 13.0 Å². The van der Waals surface area contributed by atoms with Crippen LogP contribution in [0.3, 0.4) is 0 Å². The topological polar surface area (TPSA) is 105 Å². The minimum atomic E-state index is -0.438. The van der Waals surface area contributed by atoms with Crippen molar-refractivity contribution in [1.29, 1.82) is 0 Å². The van der Waals surface area contributed by atoms with Crippen LogP contribution in [0.15, 0.2) is 35.0 Å². The molecule has 0 saturated carbocycles. The summed E-state index contributed by atoms with van der Waals surface area (Å²) in [5.41, 5.74) is 4.65. The van der Waals surface area contributed by atoms with Crippen LogP contribution in [0.1, 0.15) is 66.2 Å². The first-order valence-electron chi connectivity index (χ1n) is 10.3. The van der Waals surface area contributed by atoms with Crippen LogP contribution >= 0.6 is 9.24 Å². The smallest absolute Gasteiger partial charge is 0.312 e. The summed E-state index contributed by atoms with van der Waals surface area (Å²) in [5, 5.41) is 12.5. The maximum atomic E-state index is 13.4. The van der Waals surface area contributed by atoms with Crippen LogP contribution in [0, 0.1) is 0 Å². The lowest BCUT2D eigenvalue weighted by molar-refractivity contribution is 0.0643. The molecule has 0 aromatic carbocycles. The van der Waals surface area contributed by atoms with Crippen LogP contribution < -0.4 is 0 Å². The molecule has 1 aliphatic rings. The van der Waals surface area contributed by atoms with E-state index in [4.69, 9.17) is 9.52 Å². The number of nitrogens with zero attached hydrogens (tertiary/aromatic N) is 6. The van der Waals surface area contributed by atoms with E-state index in [1.807, 2.05) is 36.6 Å². The van der Waals surface area contributed by atoms with Gasteiger partial charge in [0.05, 0.1) is 28.4 Å². The number of H-pyrrole nitrogens is 1. The van der Waals surface area contributed by atoms with Crippen molar-refractivity contribution < 1.29 is 9.21 Å². The highest BCUT2D eigenvalue weighted by Gasteiger charge is 2.38. The van der Waals surface area contributed by atoms with Crippen LogP contribution in [0.2, 0.25) is 0 Å². The van der Waals surface area contributed by atoms with Gasteiger partial charge in [0.25, 0.3) is 0 Å². The number of aryl methyl sites for hydroxylation is 1. The van der Waals surface area contributed by atoms with Crippen LogP contribution in [-0.4, -0.2) is 47.1 Å². The summed E-state index contributed by atoms with van der Waals surface area (Å²) >= 11 is 0. The Bertz CT molecular complexity index is 1270. The number of hydrogen-bond donors (Lipinski definition) is 1. The Balaban J connectivity index is 1.59. The maximum Gasteiger partial charge on any atom is 0.312 e. The van der Waals surface area contributed by atoms with E-state index in [0.29, 0.717) is 18.9 Å². The van der Waals surface area contributed by atoms with Gasteiger partial charge in [-0.05, 0) is 38.5 Å². The van der Waals surface area contributed by atoms with Gasteiger partial charge in [-0.15, -0.1) is 19.4 Å². The van der Waals surface area contributed by atoms with E-state index in [9.17, 15) is 4.79 Å². The summed E-state index contributed by atoms with van der Waals surface area (Å²) in [6, 6.07) is 7.66. The Hall–Kier alpha value is -3.06. The Morgan fingerprint density at radius 1 is 1.35 bits per heavy atom. The number of hydrogen-bond acceptors (Lipinski definition) is 6. The molecule has 31 heavy (non-hydrogen) atoms. The highest BCUT2D eigenvalue weighted by molar-refractivity contribution is 7.18. The van der Waals surface area contributed by atoms with E-state index in [0.717, 1.165) is 34.7 Å². The van der Waals surface area contributed by atoms with Crippen molar-refractivity contribution in [2.45, 2.75) is 44.8 Å². The molecule has 0 aliphatic carbocycles. The summed E-state index contributed by atoms with van der Waals surface area (Å²) in [7, 11) is 2.65. The molecule has 1 amide bonds. The van der Waals surface area contributed by atoms with Crippen LogP contribution in [0.4, 0.5) is 0 Å². The molecule has 1 N–H and O–H groups in total. The van der Waals surface area contributed by atoms with Crippen molar-refractivity contribution in [3.8, 4) is 0 Å². The standard InChI is InChI=1S/C21H24N7O2P/c1-4-12-6-5-7-13-10-15(26-28(12)13)17-16-14(22-11-23-16)8-9-27(17)19(29)18-24-25-20(30-18)21(2,3)31/h5-7,10-11,17H,4,8-9,31H2,1-3H3,(H,22,23)/t17-/m1/s1. The molecule has 9 nitrogen and oxygen atoms in total. The van der Waals surface area contributed by atoms with E-state index in [2.05, 4.69) is 42.4 Å². The molecular weight excluding hydrogens is 413 g/mol. The zero-order chi connectivity index (χ0) is 21.8. The lowest BCUT2D eigenvalue weighted by Crippen LogP contribution is -2.41. The first-order valence-corrected chi connectivity index (χ1v) is 10.9. The average molecular weight is 437 g/mol. The fourth-order valence-electron chi connectivity index (χ4n) is 3.98. The van der Waals surface area contributed by atoms with Crippen molar-refractivity contribution in [3.63, 3.8) is 0 Å². The van der Waals surface area contributed by atoms with Crippen molar-refractivity contribution in [1.82, 2.24) is 34.7 Å². The summed E-state index contributed by atoms with van der Waals surface area (Å²) in [6.45, 7) is 6.45. The van der Waals surface area contributed by atoms with Crippen molar-refractivity contribution in [2.24, 2.45) is 0 Å². The molecule has 5 heterocycles. The highest BCUT2D eigenvalue weighted by atomic mass is 31.0. The van der Waals surface area contributed by atoms with Crippen molar-refractivity contribution in [2.75, 3.05) is 6.54 Å². The van der Waals surface area contributed by atoms with Gasteiger partial charge in [-0.3, -0.25) is 4.79 Å². The SMILES string of the molecule is CCc1cccc2cc([C@@H]3c4nc[nH]c4CCN3C(=O)c3nnc(C(C)(C)P)o3)nn12. The van der Waals surface area contributed by atoms with Crippen molar-refractivity contribution >= 4 is 20.7 Å². The van der Waals surface area contributed by atoms with E-state index in [-0.39, 0.29) is 11.8 Å². The number of rotatable bonds is 4. The van der Waals surface area contributed by atoms with Gasteiger partial charge in [0, 0.05) is 24.4 Å². The normalized spacial score (nSPS) is 16.6. The first kappa shape index (κ1) is 19.9. The van der Waals surface area contributed by atoms with E-state index >= 15 is 0 Å². The molecule has 160 valence electrons. The molecule has 1 unspecified atom stereocenters. The molecule has 5 rings (SSSR count). The van der Waals surface area contributed by atoms with E-state index < -0.39 is 11.2 Å². The van der Waals surface area contributed by atoms with Crippen LogP contribution in [0.5, 0.6) is 0 Å². The number of imidazole rings is 1. The Kier molecular flexibility index (Phi) is 4.66. The third kappa shape index (κ3) is 3.33. The van der Waals surface area contributed by atoms with Gasteiger partial charge in [0.1, 0.15) is 6.04 Å². The minimum Gasteiger partial charge on any atom is -0.416 e. The number of amides is 1. The van der Waals surface area contributed by atoms with Crippen LogP contribution in [-0.2, 0) is 18.0 Å². The second-order valence-electron chi connectivity index (χ2n) is 8.33. The molecule has 2 atom stereocenters. The second kappa shape index (κ2) is 7.27. The number of carbonyl (C=O) groups is 1. The Morgan fingerprint density at radius 2 is 2.19 bits per heavy atom. The summed E-state index contributed by atoms with van der Waals surface area (Å²) in [6.07, 6.45) is 3.19.